The fourth-order valence-electron chi connectivity index (χ4n) is 2.77. The van der Waals surface area contributed by atoms with Crippen molar-refractivity contribution in [2.24, 2.45) is 0 Å². The van der Waals surface area contributed by atoms with Crippen LogP contribution in [0.1, 0.15) is 0 Å². The molecule has 1 fully saturated rings. The second-order valence-electron chi connectivity index (χ2n) is 5.45. The second kappa shape index (κ2) is 5.67. The average molecular weight is 308 g/mol. The smallest absolute Gasteiger partial charge is 0.257 e. The van der Waals surface area contributed by atoms with Gasteiger partial charge in [-0.2, -0.15) is 0 Å². The summed E-state index contributed by atoms with van der Waals surface area (Å²) >= 11 is 6.20. The molecule has 0 spiro atoms. The monoisotopic (exact) mass is 307 g/mol. The van der Waals surface area contributed by atoms with Crippen molar-refractivity contribution >= 4 is 28.2 Å². The van der Waals surface area contributed by atoms with E-state index in [4.69, 9.17) is 11.6 Å². The number of halogens is 1. The largest absolute Gasteiger partial charge is 0.395 e. The molecule has 6 heteroatoms. The fraction of sp³-hybridized carbons (Fsp3) is 0.400. The molecule has 2 heterocycles. The van der Waals surface area contributed by atoms with Crippen molar-refractivity contribution in [1.82, 2.24) is 9.88 Å². The molecular weight excluding hydrogens is 290 g/mol. The van der Waals surface area contributed by atoms with E-state index in [2.05, 4.69) is 14.8 Å². The number of likely N-dealkylation sites (N-methyl/N-ethyl adjacent to an activating group) is 1. The van der Waals surface area contributed by atoms with Crippen molar-refractivity contribution in [1.29, 1.82) is 0 Å². The number of aliphatic hydroxyl groups excluding tert-OH is 1. The number of hydrogen-bond donors (Lipinski definition) is 2. The minimum absolute atomic E-state index is 0.0733. The van der Waals surface area contributed by atoms with Crippen molar-refractivity contribution in [2.75, 3.05) is 38.2 Å². The number of anilines is 1. The van der Waals surface area contributed by atoms with Gasteiger partial charge < -0.3 is 15.0 Å². The molecule has 5 nitrogen and oxygen atoms in total. The Bertz CT molecular complexity index is 716. The quantitative estimate of drug-likeness (QED) is 0.878. The summed E-state index contributed by atoms with van der Waals surface area (Å²) < 4.78 is 0. The number of benzene rings is 1. The number of pyridine rings is 1. The highest BCUT2D eigenvalue weighted by atomic mass is 35.5. The lowest BCUT2D eigenvalue weighted by molar-refractivity contribution is 0.135. The molecule has 1 atom stereocenters. The maximum absolute atomic E-state index is 12.2. The van der Waals surface area contributed by atoms with Crippen LogP contribution in [0.4, 0.5) is 5.82 Å². The summed E-state index contributed by atoms with van der Waals surface area (Å²) in [5, 5.41) is 11.4. The third-order valence-electron chi connectivity index (χ3n) is 4.15. The Kier molecular flexibility index (Phi) is 3.89. The Morgan fingerprint density at radius 2 is 2.19 bits per heavy atom. The molecule has 21 heavy (non-hydrogen) atoms. The number of aliphatic hydroxyl groups is 1. The Labute approximate surface area is 127 Å². The lowest BCUT2D eigenvalue weighted by Crippen LogP contribution is -2.53. The summed E-state index contributed by atoms with van der Waals surface area (Å²) in [7, 11) is 2.00. The molecular formula is C15H18ClN3O2. The van der Waals surface area contributed by atoms with E-state index in [0.717, 1.165) is 24.3 Å². The zero-order chi connectivity index (χ0) is 15.0. The van der Waals surface area contributed by atoms with Crippen molar-refractivity contribution in [2.45, 2.75) is 6.04 Å². The van der Waals surface area contributed by atoms with Crippen molar-refractivity contribution in [3.05, 3.63) is 39.6 Å². The van der Waals surface area contributed by atoms with E-state index in [1.54, 1.807) is 18.2 Å². The van der Waals surface area contributed by atoms with Gasteiger partial charge in [0.05, 0.1) is 12.6 Å². The van der Waals surface area contributed by atoms with Gasteiger partial charge in [-0.1, -0.05) is 17.7 Å². The van der Waals surface area contributed by atoms with Crippen LogP contribution in [0, 0.1) is 0 Å². The van der Waals surface area contributed by atoms with Gasteiger partial charge in [0.2, 0.25) is 0 Å². The molecule has 1 aromatic carbocycles. The molecule has 0 amide bonds. The molecule has 0 saturated carbocycles. The first-order valence-corrected chi connectivity index (χ1v) is 7.35. The second-order valence-corrected chi connectivity index (χ2v) is 5.85. The van der Waals surface area contributed by atoms with Gasteiger partial charge in [0.1, 0.15) is 5.82 Å². The van der Waals surface area contributed by atoms with Crippen molar-refractivity contribution < 1.29 is 5.11 Å². The number of aromatic nitrogens is 1. The van der Waals surface area contributed by atoms with E-state index in [9.17, 15) is 9.90 Å². The van der Waals surface area contributed by atoms with E-state index in [1.165, 1.54) is 0 Å². The van der Waals surface area contributed by atoms with Gasteiger partial charge in [0.15, 0.2) is 0 Å². The number of rotatable bonds is 2. The third-order valence-corrected chi connectivity index (χ3v) is 4.48. The Morgan fingerprint density at radius 1 is 1.38 bits per heavy atom. The van der Waals surface area contributed by atoms with Gasteiger partial charge in [0, 0.05) is 35.4 Å². The average Bonchev–Trinajstić information content (AvgIpc) is 2.48. The van der Waals surface area contributed by atoms with Gasteiger partial charge in [-0.25, -0.2) is 0 Å². The molecule has 1 aliphatic rings. The lowest BCUT2D eigenvalue weighted by Gasteiger charge is -2.39. The van der Waals surface area contributed by atoms with E-state index in [1.807, 2.05) is 13.1 Å². The van der Waals surface area contributed by atoms with E-state index < -0.39 is 0 Å². The van der Waals surface area contributed by atoms with Gasteiger partial charge in [0.25, 0.3) is 5.56 Å². The summed E-state index contributed by atoms with van der Waals surface area (Å²) in [4.78, 5) is 19.3. The molecule has 2 N–H and O–H groups in total. The standard InChI is InChI=1S/C15H18ClN3O2/c1-18-5-6-19(8-10(18)9-20)14-7-12-11(15(21)17-14)3-2-4-13(12)16/h2-4,7,10,20H,5-6,8-9H2,1H3,(H,17,21). The maximum Gasteiger partial charge on any atom is 0.257 e. The predicted octanol–water partition coefficient (Wildman–Crippen LogP) is 1.29. The number of aromatic amines is 1. The number of piperazine rings is 1. The minimum atomic E-state index is -0.135. The molecule has 3 rings (SSSR count). The SMILES string of the molecule is CN1CCN(c2cc3c(Cl)cccc3c(=O)[nH]2)CC1CO. The van der Waals surface area contributed by atoms with Crippen LogP contribution < -0.4 is 10.5 Å². The molecule has 0 aliphatic carbocycles. The van der Waals surface area contributed by atoms with Crippen molar-refractivity contribution in [3.8, 4) is 0 Å². The number of fused-ring (bicyclic) bond motifs is 1. The highest BCUT2D eigenvalue weighted by molar-refractivity contribution is 6.35. The fourth-order valence-corrected chi connectivity index (χ4v) is 3.00. The van der Waals surface area contributed by atoms with Crippen LogP contribution in [-0.2, 0) is 0 Å². The van der Waals surface area contributed by atoms with E-state index >= 15 is 0 Å². The summed E-state index contributed by atoms with van der Waals surface area (Å²) in [5.74, 6) is 0.757. The van der Waals surface area contributed by atoms with Gasteiger partial charge in [-0.15, -0.1) is 0 Å². The number of nitrogens with zero attached hydrogens (tertiary/aromatic N) is 2. The molecule has 0 radical (unpaired) electrons. The van der Waals surface area contributed by atoms with Crippen LogP contribution >= 0.6 is 11.6 Å². The number of H-pyrrole nitrogens is 1. The van der Waals surface area contributed by atoms with Crippen LogP contribution in [0.2, 0.25) is 5.02 Å². The first-order chi connectivity index (χ1) is 10.1. The summed E-state index contributed by atoms with van der Waals surface area (Å²) in [6.45, 7) is 2.43. The molecule has 1 unspecified atom stereocenters. The topological polar surface area (TPSA) is 59.6 Å². The molecule has 0 bridgehead atoms. The summed E-state index contributed by atoms with van der Waals surface area (Å²) in [6, 6.07) is 7.32. The normalized spacial score (nSPS) is 20.1. The van der Waals surface area contributed by atoms with Gasteiger partial charge in [-0.05, 0) is 25.2 Å². The number of nitrogens with one attached hydrogen (secondary N) is 1. The van der Waals surface area contributed by atoms with E-state index in [-0.39, 0.29) is 18.2 Å². The maximum atomic E-state index is 12.2. The van der Waals surface area contributed by atoms with Crippen LogP contribution in [0.5, 0.6) is 0 Å². The Hall–Kier alpha value is -1.56. The zero-order valence-electron chi connectivity index (χ0n) is 11.8. The Morgan fingerprint density at radius 3 is 2.95 bits per heavy atom. The van der Waals surface area contributed by atoms with Crippen LogP contribution in [-0.4, -0.2) is 54.3 Å². The summed E-state index contributed by atoms with van der Waals surface area (Å²) in [6.07, 6.45) is 0. The van der Waals surface area contributed by atoms with Crippen molar-refractivity contribution in [3.63, 3.8) is 0 Å². The molecule has 1 aromatic heterocycles. The van der Waals surface area contributed by atoms with Crippen LogP contribution in [0.25, 0.3) is 10.8 Å². The zero-order valence-corrected chi connectivity index (χ0v) is 12.6. The minimum Gasteiger partial charge on any atom is -0.395 e. The highest BCUT2D eigenvalue weighted by Gasteiger charge is 2.24. The first kappa shape index (κ1) is 14.4. The van der Waals surface area contributed by atoms with E-state index in [0.29, 0.717) is 17.0 Å². The third kappa shape index (κ3) is 2.64. The molecule has 2 aromatic rings. The number of hydrogen-bond acceptors (Lipinski definition) is 4. The van der Waals surface area contributed by atoms with Gasteiger partial charge >= 0.3 is 0 Å². The van der Waals surface area contributed by atoms with Crippen LogP contribution in [0.15, 0.2) is 29.1 Å². The van der Waals surface area contributed by atoms with Crippen LogP contribution in [0.3, 0.4) is 0 Å². The molecule has 112 valence electrons. The first-order valence-electron chi connectivity index (χ1n) is 6.97. The lowest BCUT2D eigenvalue weighted by atomic mass is 10.1. The molecule has 1 saturated heterocycles. The predicted molar refractivity (Wildman–Crippen MR) is 85.3 cm³/mol. The molecule has 1 aliphatic heterocycles. The van der Waals surface area contributed by atoms with Gasteiger partial charge in [-0.3, -0.25) is 9.69 Å². The Balaban J connectivity index is 2.01. The highest BCUT2D eigenvalue weighted by Crippen LogP contribution is 2.25. The summed E-state index contributed by atoms with van der Waals surface area (Å²) in [5.41, 5.74) is -0.135.